The van der Waals surface area contributed by atoms with Crippen molar-refractivity contribution < 1.29 is 28.9 Å². The van der Waals surface area contributed by atoms with Gasteiger partial charge in [0, 0.05) is 6.42 Å². The third kappa shape index (κ3) is 6.58. The Balaban J connectivity index is 1.41. The first-order valence-electron chi connectivity index (χ1n) is 10.6. The molecule has 2 N–H and O–H groups in total. The number of nitrogens with one attached hydrogen (secondary N) is 1. The van der Waals surface area contributed by atoms with Crippen LogP contribution in [0.3, 0.4) is 0 Å². The minimum atomic E-state index is -1.41. The van der Waals surface area contributed by atoms with Crippen LogP contribution in [0.4, 0.5) is 0 Å². The van der Waals surface area contributed by atoms with Crippen molar-refractivity contribution in [2.24, 2.45) is 0 Å². The average molecular weight is 615 g/mol. The van der Waals surface area contributed by atoms with Gasteiger partial charge in [-0.3, -0.25) is 4.79 Å². The van der Waals surface area contributed by atoms with Crippen molar-refractivity contribution >= 4 is 83.7 Å². The zero-order chi connectivity index (χ0) is 26.7. The molecule has 192 valence electrons. The number of amides is 1. The van der Waals surface area contributed by atoms with E-state index in [-0.39, 0.29) is 16.0 Å². The van der Waals surface area contributed by atoms with Crippen LogP contribution in [-0.4, -0.2) is 54.8 Å². The number of carboxylic acid groups (broad SMARTS) is 1. The van der Waals surface area contributed by atoms with Gasteiger partial charge in [0.2, 0.25) is 0 Å². The molecular formula is C22H17Cl2N4O5PS3. The number of aliphatic carboxylic acids is 1. The summed E-state index contributed by atoms with van der Waals surface area (Å²) in [4.78, 5) is 31.3. The number of hydrogen-bond donors (Lipinski definition) is 2. The summed E-state index contributed by atoms with van der Waals surface area (Å²) in [5.41, 5.74) is 3.51. The number of aromatic nitrogens is 2. The first kappa shape index (κ1) is 28.1. The van der Waals surface area contributed by atoms with Gasteiger partial charge in [-0.1, -0.05) is 35.4 Å². The molecule has 1 fully saturated rings. The van der Waals surface area contributed by atoms with Gasteiger partial charge in [0.25, 0.3) is 0 Å². The van der Waals surface area contributed by atoms with Crippen LogP contribution in [0.5, 0.6) is 0 Å². The maximum absolute atomic E-state index is 12.9. The van der Waals surface area contributed by atoms with Gasteiger partial charge in [-0.15, -0.1) is 0 Å². The molecule has 4 heterocycles. The number of hydrogen-bond acceptors (Lipinski definition) is 9. The fourth-order valence-electron chi connectivity index (χ4n) is 3.78. The summed E-state index contributed by atoms with van der Waals surface area (Å²) in [6, 6.07) is 6.06. The van der Waals surface area contributed by atoms with E-state index < -0.39 is 37.4 Å². The summed E-state index contributed by atoms with van der Waals surface area (Å²) < 4.78 is 12.0. The van der Waals surface area contributed by atoms with Crippen molar-refractivity contribution in [1.82, 2.24) is 15.2 Å². The number of halogens is 2. The normalized spacial score (nSPS) is 19.4. The Morgan fingerprint density at radius 3 is 2.70 bits per heavy atom. The summed E-state index contributed by atoms with van der Waals surface area (Å²) in [5, 5.41) is 24.9. The average Bonchev–Trinajstić information content (AvgIpc) is 2.85. The minimum absolute atomic E-state index is 0.113. The number of carbonyl (C=O) groups excluding carboxylic acids is 2. The molecule has 15 heteroatoms. The van der Waals surface area contributed by atoms with Gasteiger partial charge in [0.05, 0.1) is 4.99 Å². The Bertz CT molecular complexity index is 1390. The van der Waals surface area contributed by atoms with Gasteiger partial charge in [-0.05, 0) is 17.7 Å². The third-order valence-corrected chi connectivity index (χ3v) is 8.85. The molecule has 0 bridgehead atoms. The molecule has 4 rings (SSSR count). The van der Waals surface area contributed by atoms with Gasteiger partial charge in [-0.25, -0.2) is 4.98 Å². The van der Waals surface area contributed by atoms with Gasteiger partial charge < -0.3 is 5.32 Å². The molecule has 3 atom stereocenters. The molecule has 1 unspecified atom stereocenters. The Morgan fingerprint density at radius 1 is 1.41 bits per heavy atom. The second-order valence-electron chi connectivity index (χ2n) is 7.86. The summed E-state index contributed by atoms with van der Waals surface area (Å²) >= 11 is 20.1. The van der Waals surface area contributed by atoms with E-state index in [1.54, 1.807) is 36.7 Å². The summed E-state index contributed by atoms with van der Waals surface area (Å²) in [7, 11) is -0.403. The topological polar surface area (TPSA) is 127 Å². The van der Waals surface area contributed by atoms with Gasteiger partial charge in [0.15, 0.2) is 0 Å². The zero-order valence-electron chi connectivity index (χ0n) is 18.7. The molecule has 2 aliphatic heterocycles. The number of carboxylic acids is 1. The van der Waals surface area contributed by atoms with Crippen LogP contribution in [-0.2, 0) is 20.6 Å². The van der Waals surface area contributed by atoms with E-state index in [1.807, 2.05) is 0 Å². The predicted octanol–water partition coefficient (Wildman–Crippen LogP) is 1.96. The van der Waals surface area contributed by atoms with Crippen molar-refractivity contribution in [3.8, 4) is 5.63 Å². The van der Waals surface area contributed by atoms with Crippen molar-refractivity contribution in [3.63, 3.8) is 0 Å². The van der Waals surface area contributed by atoms with Crippen LogP contribution in [0.1, 0.15) is 11.8 Å². The fraction of sp³-hybridized carbons (Fsp3) is 0.273. The van der Waals surface area contributed by atoms with Crippen LogP contribution in [0, 0.1) is 5.63 Å². The standard InChI is InChI=1S/C22H17Cl2N4O5PS3/c23-14-5-11(6-15(24)25-14)7-16(35)26-18-20(30)28-19(22(31)32)12(10-37-21(18)28)9-36-13-1-3-27(4-2-13)17(29)8-34-33/h1-6,17-18,21,29H,7,9-10H2,(H-,26,31,32,35)/t17?,18-,21-/m1/s1. The molecule has 0 aliphatic carbocycles. The number of carbonyl (C=O) groups is 2. The van der Waals surface area contributed by atoms with Crippen molar-refractivity contribution in [1.29, 1.82) is 0 Å². The van der Waals surface area contributed by atoms with Crippen LogP contribution in [0.15, 0.2) is 52.8 Å². The molecule has 2 aromatic rings. The first-order chi connectivity index (χ1) is 17.7. The number of fused-ring (bicyclic) bond motifs is 1. The SMILES string of the molecule is O=P#CC(O)[n+]1ccc(SCC2=C(C(=O)[O-])N3C(=O)[C@@H](NC(=S)Cc4cc(Cl)nc(Cl)c4)[C@H]3SC2)cc1. The number of aliphatic hydroxyl groups is 1. The van der Waals surface area contributed by atoms with E-state index in [4.69, 9.17) is 35.4 Å². The molecular weight excluding hydrogens is 598 g/mol. The van der Waals surface area contributed by atoms with E-state index in [2.05, 4.69) is 15.9 Å². The Labute approximate surface area is 236 Å². The molecule has 0 radical (unpaired) electrons. The number of thioether (sulfide) groups is 2. The van der Waals surface area contributed by atoms with Crippen LogP contribution in [0.25, 0.3) is 0 Å². The quantitative estimate of drug-likeness (QED) is 0.114. The van der Waals surface area contributed by atoms with E-state index in [0.717, 1.165) is 10.5 Å². The van der Waals surface area contributed by atoms with Crippen molar-refractivity contribution in [2.45, 2.75) is 29.0 Å². The summed E-state index contributed by atoms with van der Waals surface area (Å²) in [6.45, 7) is 0. The first-order valence-corrected chi connectivity index (χ1v) is 14.6. The van der Waals surface area contributed by atoms with Crippen molar-refractivity contribution in [3.05, 3.63) is 63.8 Å². The Hall–Kier alpha value is -1.88. The molecule has 1 amide bonds. The number of nitrogens with zero attached hydrogens (tertiary/aromatic N) is 3. The number of rotatable bonds is 8. The zero-order valence-corrected chi connectivity index (χ0v) is 23.5. The predicted molar refractivity (Wildman–Crippen MR) is 143 cm³/mol. The van der Waals surface area contributed by atoms with Crippen molar-refractivity contribution in [2.75, 3.05) is 11.5 Å². The molecule has 9 nitrogen and oxygen atoms in total. The maximum atomic E-state index is 12.9. The second-order valence-corrected chi connectivity index (χ2v) is 11.7. The molecule has 37 heavy (non-hydrogen) atoms. The fourth-order valence-corrected chi connectivity index (χ4v) is 7.17. The number of pyridine rings is 2. The molecule has 0 aromatic carbocycles. The van der Waals surface area contributed by atoms with E-state index in [1.165, 1.54) is 33.0 Å². The van der Waals surface area contributed by atoms with Gasteiger partial charge in [0.1, 0.15) is 16.3 Å². The van der Waals surface area contributed by atoms with Crippen LogP contribution < -0.4 is 15.0 Å². The van der Waals surface area contributed by atoms with Gasteiger partial charge >= 0.3 is 142 Å². The Kier molecular flexibility index (Phi) is 9.37. The Morgan fingerprint density at radius 2 is 2.08 bits per heavy atom. The molecule has 2 aliphatic rings. The molecule has 1 saturated heterocycles. The number of thiocarbonyl (C=S) groups is 1. The second kappa shape index (κ2) is 12.3. The molecule has 0 spiro atoms. The van der Waals surface area contributed by atoms with Gasteiger partial charge in [-0.2, -0.15) is 0 Å². The van der Waals surface area contributed by atoms with E-state index in [0.29, 0.717) is 28.5 Å². The summed E-state index contributed by atoms with van der Waals surface area (Å²) in [6.07, 6.45) is 2.34. The summed E-state index contributed by atoms with van der Waals surface area (Å²) in [5.74, 6) is -1.07. The van der Waals surface area contributed by atoms with Crippen LogP contribution >= 0.6 is 66.9 Å². The molecule has 0 saturated carbocycles. The third-order valence-electron chi connectivity index (χ3n) is 5.43. The monoisotopic (exact) mass is 614 g/mol. The number of aliphatic hydroxyl groups excluding tert-OH is 1. The van der Waals surface area contributed by atoms with E-state index >= 15 is 0 Å². The number of β-lactam (4-membered cyclic amide) rings is 1. The van der Waals surface area contributed by atoms with E-state index in [9.17, 15) is 24.4 Å². The van der Waals surface area contributed by atoms with Crippen LogP contribution in [0.2, 0.25) is 10.3 Å². The molecule has 2 aromatic heterocycles.